The Morgan fingerprint density at radius 3 is 1.69 bits per heavy atom. The average Bonchev–Trinajstić information content (AvgIpc) is 2.52. The normalized spacial score (nSPS) is 11.4. The number of rotatable bonds is 0. The van der Waals surface area contributed by atoms with Gasteiger partial charge < -0.3 is 3.55 Å². The summed E-state index contributed by atoms with van der Waals surface area (Å²) in [5.74, 6) is 0. The number of fused-ring (bicyclic) bond motifs is 3. The molecule has 0 unspecified atom stereocenters. The maximum absolute atomic E-state index is 2.79. The zero-order valence-corrected chi connectivity index (χ0v) is 10.6. The quantitative estimate of drug-likeness (QED) is 0.513. The standard InChI is InChI=1S/C14H12N.Al/c1-9-3-5-13-11(7-9)12-8-10(2)4-6-14(12)15-13;/h3-8H,1-2H3;/q-1;+1. The number of hydrogen-bond donors (Lipinski definition) is 0. The fraction of sp³-hybridized carbons (Fsp3) is 0.143. The lowest BCUT2D eigenvalue weighted by Gasteiger charge is -1.99. The zero-order valence-electron chi connectivity index (χ0n) is 9.49. The molecule has 3 rings (SSSR count). The average molecular weight is 221 g/mol. The first-order valence-electron chi connectivity index (χ1n) is 5.43. The second-order valence-corrected chi connectivity index (χ2v) is 4.93. The SMILES string of the molecule is Cc1ccc2c(c1)c1cc(C)ccc1[n]2[Al]. The summed E-state index contributed by atoms with van der Waals surface area (Å²) in [6, 6.07) is 13.2. The molecule has 1 aromatic heterocycles. The Bertz CT molecular complexity index is 635. The van der Waals surface area contributed by atoms with Crippen LogP contribution in [-0.2, 0) is 0 Å². The molecule has 76 valence electrons. The Balaban J connectivity index is 2.60. The van der Waals surface area contributed by atoms with E-state index < -0.39 is 0 Å². The van der Waals surface area contributed by atoms with E-state index >= 15 is 0 Å². The van der Waals surface area contributed by atoms with Crippen LogP contribution in [0.25, 0.3) is 21.8 Å². The van der Waals surface area contributed by atoms with E-state index in [9.17, 15) is 0 Å². The van der Waals surface area contributed by atoms with Gasteiger partial charge in [-0.25, -0.2) is 0 Å². The molecule has 2 heteroatoms. The van der Waals surface area contributed by atoms with Gasteiger partial charge in [-0.05, 0) is 38.1 Å². The Hall–Kier alpha value is -1.23. The molecule has 0 saturated carbocycles. The second-order valence-electron chi connectivity index (χ2n) is 4.41. The molecule has 3 aromatic rings. The predicted molar refractivity (Wildman–Crippen MR) is 70.1 cm³/mol. The molecule has 1 nitrogen and oxygen atoms in total. The lowest BCUT2D eigenvalue weighted by atomic mass is 10.1. The third-order valence-electron chi connectivity index (χ3n) is 3.11. The van der Waals surface area contributed by atoms with Gasteiger partial charge in [-0.2, -0.15) is 0 Å². The van der Waals surface area contributed by atoms with Crippen molar-refractivity contribution in [1.82, 2.24) is 3.55 Å². The highest BCUT2D eigenvalue weighted by Crippen LogP contribution is 2.29. The van der Waals surface area contributed by atoms with Crippen molar-refractivity contribution in [3.8, 4) is 0 Å². The Morgan fingerprint density at radius 2 is 1.25 bits per heavy atom. The van der Waals surface area contributed by atoms with Gasteiger partial charge in [0.1, 0.15) is 0 Å². The Kier molecular flexibility index (Phi) is 2.11. The van der Waals surface area contributed by atoms with Crippen LogP contribution in [-0.4, -0.2) is 20.1 Å². The topological polar surface area (TPSA) is 4.93 Å². The van der Waals surface area contributed by atoms with E-state index in [1.54, 1.807) is 0 Å². The van der Waals surface area contributed by atoms with Crippen LogP contribution in [0.15, 0.2) is 36.4 Å². The molecule has 2 radical (unpaired) electrons. The van der Waals surface area contributed by atoms with E-state index in [-0.39, 0.29) is 0 Å². The van der Waals surface area contributed by atoms with Crippen LogP contribution in [0.4, 0.5) is 0 Å². The summed E-state index contributed by atoms with van der Waals surface area (Å²) in [5, 5.41) is 2.68. The molecule has 0 bridgehead atoms. The van der Waals surface area contributed by atoms with Gasteiger partial charge >= 0.3 is 16.5 Å². The van der Waals surface area contributed by atoms with Crippen molar-refractivity contribution in [2.45, 2.75) is 13.8 Å². The van der Waals surface area contributed by atoms with Gasteiger partial charge in [-0.15, -0.1) is 0 Å². The highest BCUT2D eigenvalue weighted by molar-refractivity contribution is 6.21. The van der Waals surface area contributed by atoms with Gasteiger partial charge in [0.05, 0.1) is 0 Å². The molecule has 2 aromatic carbocycles. The van der Waals surface area contributed by atoms with E-state index in [0.29, 0.717) is 0 Å². The number of aromatic nitrogens is 1. The summed E-state index contributed by atoms with van der Waals surface area (Å²) in [7, 11) is 0. The zero-order chi connectivity index (χ0) is 11.3. The molecule has 0 aliphatic heterocycles. The number of nitrogens with zero attached hydrogens (tertiary/aromatic N) is 1. The monoisotopic (exact) mass is 221 g/mol. The van der Waals surface area contributed by atoms with E-state index in [2.05, 4.69) is 70.3 Å². The van der Waals surface area contributed by atoms with Crippen LogP contribution < -0.4 is 0 Å². The van der Waals surface area contributed by atoms with Crippen molar-refractivity contribution >= 4 is 38.3 Å². The number of aryl methyl sites for hydroxylation is 2. The van der Waals surface area contributed by atoms with Crippen molar-refractivity contribution in [3.63, 3.8) is 0 Å². The lowest BCUT2D eigenvalue weighted by Crippen LogP contribution is -1.89. The molecule has 0 amide bonds. The van der Waals surface area contributed by atoms with E-state index in [0.717, 1.165) is 0 Å². The molecule has 0 aliphatic carbocycles. The van der Waals surface area contributed by atoms with Crippen molar-refractivity contribution < 1.29 is 0 Å². The third-order valence-corrected chi connectivity index (χ3v) is 3.67. The lowest BCUT2D eigenvalue weighted by molar-refractivity contribution is 1.38. The molecule has 0 spiro atoms. The fourth-order valence-corrected chi connectivity index (χ4v) is 2.73. The fourth-order valence-electron chi connectivity index (χ4n) is 2.28. The molecule has 0 fully saturated rings. The van der Waals surface area contributed by atoms with E-state index in [1.165, 1.54) is 32.9 Å². The third kappa shape index (κ3) is 1.31. The minimum atomic E-state index is 1.27. The molecule has 0 saturated heterocycles. The smallest absolute Gasteiger partial charge is 0.318 e. The van der Waals surface area contributed by atoms with Crippen LogP contribution in [0.1, 0.15) is 11.1 Å². The summed E-state index contributed by atoms with van der Waals surface area (Å²) >= 11 is 2.79. The molecular weight excluding hydrogens is 209 g/mol. The van der Waals surface area contributed by atoms with Gasteiger partial charge in [0.2, 0.25) is 0 Å². The van der Waals surface area contributed by atoms with Gasteiger partial charge in [-0.1, -0.05) is 23.3 Å². The number of benzene rings is 2. The maximum Gasteiger partial charge on any atom is 0.318 e. The van der Waals surface area contributed by atoms with Gasteiger partial charge in [0.25, 0.3) is 0 Å². The van der Waals surface area contributed by atoms with Crippen LogP contribution in [0, 0.1) is 13.8 Å². The largest absolute Gasteiger partial charge is 0.452 e. The van der Waals surface area contributed by atoms with Crippen molar-refractivity contribution in [2.75, 3.05) is 0 Å². The van der Waals surface area contributed by atoms with Crippen molar-refractivity contribution in [3.05, 3.63) is 47.5 Å². The number of hydrogen-bond acceptors (Lipinski definition) is 0. The maximum atomic E-state index is 2.79. The minimum Gasteiger partial charge on any atom is -0.452 e. The Morgan fingerprint density at radius 1 is 0.812 bits per heavy atom. The predicted octanol–water partition coefficient (Wildman–Crippen LogP) is 3.34. The van der Waals surface area contributed by atoms with Crippen molar-refractivity contribution in [1.29, 1.82) is 0 Å². The molecule has 0 aliphatic rings. The molecule has 16 heavy (non-hydrogen) atoms. The first-order valence-corrected chi connectivity index (χ1v) is 5.95. The van der Waals surface area contributed by atoms with Gasteiger partial charge in [-0.3, -0.25) is 0 Å². The minimum absolute atomic E-state index is 1.27. The first kappa shape index (κ1) is 9.96. The molecule has 0 N–H and O–H groups in total. The summed E-state index contributed by atoms with van der Waals surface area (Å²) in [5.41, 5.74) is 5.17. The first-order chi connectivity index (χ1) is 7.66. The molecule has 0 atom stereocenters. The second kappa shape index (κ2) is 3.38. The summed E-state index contributed by atoms with van der Waals surface area (Å²) < 4.78 is 2.18. The van der Waals surface area contributed by atoms with E-state index in [4.69, 9.17) is 0 Å². The highest BCUT2D eigenvalue weighted by atomic mass is 27.1. The van der Waals surface area contributed by atoms with Crippen LogP contribution in [0.3, 0.4) is 0 Å². The Labute approximate surface area is 103 Å². The van der Waals surface area contributed by atoms with E-state index in [1.807, 2.05) is 0 Å². The molecular formula is C14H12AlN. The van der Waals surface area contributed by atoms with Crippen LogP contribution in [0.5, 0.6) is 0 Å². The van der Waals surface area contributed by atoms with Crippen LogP contribution in [0.2, 0.25) is 0 Å². The summed E-state index contributed by atoms with van der Waals surface area (Å²) in [6.07, 6.45) is 0. The van der Waals surface area contributed by atoms with Crippen molar-refractivity contribution in [2.24, 2.45) is 0 Å². The molecule has 1 heterocycles. The van der Waals surface area contributed by atoms with Gasteiger partial charge in [0.15, 0.2) is 0 Å². The summed E-state index contributed by atoms with van der Waals surface area (Å²) in [6.45, 7) is 4.28. The highest BCUT2D eigenvalue weighted by Gasteiger charge is 2.06. The van der Waals surface area contributed by atoms with Crippen LogP contribution >= 0.6 is 0 Å². The van der Waals surface area contributed by atoms with Gasteiger partial charge in [0, 0.05) is 21.8 Å². The summed E-state index contributed by atoms with van der Waals surface area (Å²) in [4.78, 5) is 0.